The Kier molecular flexibility index (Phi) is 6.17. The summed E-state index contributed by atoms with van der Waals surface area (Å²) in [7, 11) is 0. The van der Waals surface area contributed by atoms with E-state index in [1.165, 1.54) is 0 Å². The number of carbonyl (C=O) groups excluding carboxylic acids is 1. The van der Waals surface area contributed by atoms with Crippen molar-refractivity contribution in [3.63, 3.8) is 0 Å². The number of halogens is 3. The van der Waals surface area contributed by atoms with E-state index in [1.807, 2.05) is 18.4 Å². The van der Waals surface area contributed by atoms with Gasteiger partial charge in [-0.05, 0) is 57.2 Å². The molecule has 2 aromatic carbocycles. The number of amides is 2. The molecule has 0 aliphatic carbocycles. The minimum Gasteiger partial charge on any atom is -0.439 e. The molecule has 0 fully saturated rings. The van der Waals surface area contributed by atoms with Crippen LogP contribution < -0.4 is 15.4 Å². The van der Waals surface area contributed by atoms with Crippen LogP contribution in [0.4, 0.5) is 29.3 Å². The minimum absolute atomic E-state index is 0.320. The van der Waals surface area contributed by atoms with E-state index in [2.05, 4.69) is 25.6 Å². The zero-order chi connectivity index (χ0) is 24.4. The van der Waals surface area contributed by atoms with Crippen molar-refractivity contribution in [3.8, 4) is 17.4 Å². The summed E-state index contributed by atoms with van der Waals surface area (Å²) in [5.74, 6) is -2.61. The summed E-state index contributed by atoms with van der Waals surface area (Å²) >= 11 is 0. The van der Waals surface area contributed by atoms with Crippen LogP contribution >= 0.6 is 0 Å². The zero-order valence-corrected chi connectivity index (χ0v) is 18.4. The van der Waals surface area contributed by atoms with Crippen LogP contribution in [-0.4, -0.2) is 25.6 Å². The maximum absolute atomic E-state index is 13.7. The number of hydrogen-bond acceptors (Lipinski definition) is 5. The lowest BCUT2D eigenvalue weighted by Gasteiger charge is -2.11. The maximum atomic E-state index is 13.7. The topological polar surface area (TPSA) is 94.0 Å². The van der Waals surface area contributed by atoms with Crippen LogP contribution in [0.25, 0.3) is 5.82 Å². The average Bonchev–Trinajstić information content (AvgIpc) is 3.13. The molecule has 34 heavy (non-hydrogen) atoms. The van der Waals surface area contributed by atoms with Crippen LogP contribution in [0.15, 0.2) is 48.8 Å². The summed E-state index contributed by atoms with van der Waals surface area (Å²) < 4.78 is 47.7. The highest BCUT2D eigenvalue weighted by Crippen LogP contribution is 2.24. The fourth-order valence-electron chi connectivity index (χ4n) is 3.06. The second-order valence-corrected chi connectivity index (χ2v) is 7.33. The summed E-state index contributed by atoms with van der Waals surface area (Å²) in [5, 5.41) is 4.59. The Bertz CT molecular complexity index is 1370. The number of anilines is 2. The van der Waals surface area contributed by atoms with Gasteiger partial charge in [0.25, 0.3) is 0 Å². The monoisotopic (exact) mass is 468 g/mol. The molecule has 0 saturated heterocycles. The van der Waals surface area contributed by atoms with Crippen LogP contribution in [0.3, 0.4) is 0 Å². The van der Waals surface area contributed by atoms with Gasteiger partial charge in [0.2, 0.25) is 5.88 Å². The van der Waals surface area contributed by atoms with Crippen LogP contribution in [0.1, 0.15) is 17.2 Å². The highest BCUT2D eigenvalue weighted by atomic mass is 19.2. The van der Waals surface area contributed by atoms with Gasteiger partial charge in [-0.2, -0.15) is 4.98 Å². The third-order valence-corrected chi connectivity index (χ3v) is 4.92. The summed E-state index contributed by atoms with van der Waals surface area (Å²) in [5.41, 5.74) is 1.70. The molecule has 0 saturated carbocycles. The molecule has 4 rings (SSSR count). The Morgan fingerprint density at radius 2 is 1.68 bits per heavy atom. The summed E-state index contributed by atoms with van der Waals surface area (Å²) in [4.78, 5) is 25.1. The van der Waals surface area contributed by atoms with E-state index in [4.69, 9.17) is 4.74 Å². The molecule has 0 aliphatic rings. The first kappa shape index (κ1) is 22.8. The van der Waals surface area contributed by atoms with Crippen molar-refractivity contribution >= 4 is 17.4 Å². The molecule has 0 aliphatic heterocycles. The van der Waals surface area contributed by atoms with Crippen LogP contribution in [-0.2, 0) is 0 Å². The van der Waals surface area contributed by atoms with Gasteiger partial charge < -0.3 is 15.4 Å². The number of ether oxygens (including phenoxy) is 1. The number of imidazole rings is 1. The Morgan fingerprint density at radius 1 is 0.941 bits per heavy atom. The molecule has 8 nitrogen and oxygen atoms in total. The van der Waals surface area contributed by atoms with Crippen LogP contribution in [0, 0.1) is 38.2 Å². The Labute approximate surface area is 192 Å². The van der Waals surface area contributed by atoms with E-state index in [0.29, 0.717) is 29.0 Å². The molecule has 2 N–H and O–H groups in total. The van der Waals surface area contributed by atoms with Crippen molar-refractivity contribution < 1.29 is 22.7 Å². The number of benzene rings is 2. The summed E-state index contributed by atoms with van der Waals surface area (Å²) in [6.45, 7) is 5.58. The van der Waals surface area contributed by atoms with Crippen molar-refractivity contribution in [2.75, 3.05) is 10.6 Å². The normalized spacial score (nSPS) is 10.8. The summed E-state index contributed by atoms with van der Waals surface area (Å²) in [6.07, 6.45) is 1.67. The van der Waals surface area contributed by atoms with Crippen molar-refractivity contribution in [1.29, 1.82) is 0 Å². The van der Waals surface area contributed by atoms with Gasteiger partial charge >= 0.3 is 6.03 Å². The number of nitrogens with zero attached hydrogens (tertiary/aromatic N) is 4. The Morgan fingerprint density at radius 3 is 2.35 bits per heavy atom. The van der Waals surface area contributed by atoms with E-state index in [-0.39, 0.29) is 0 Å². The number of nitrogens with one attached hydrogen (secondary N) is 2. The molecule has 0 bridgehead atoms. The highest BCUT2D eigenvalue weighted by molar-refractivity contribution is 5.99. The standard InChI is InChI=1S/C23H19F3N6O2/c1-12-13(2)32(11-27-12)19-10-20(29-14(3)28-19)34-16-6-4-15(5-7-16)30-23(33)31-18-9-8-17(24)21(25)22(18)26/h4-11H,1-3H3,(H2,30,31,33). The molecule has 11 heteroatoms. The number of rotatable bonds is 5. The highest BCUT2D eigenvalue weighted by Gasteiger charge is 2.15. The fraction of sp³-hybridized carbons (Fsp3) is 0.130. The first-order valence-corrected chi connectivity index (χ1v) is 10.1. The molecule has 2 aromatic heterocycles. The van der Waals surface area contributed by atoms with Gasteiger partial charge in [-0.15, -0.1) is 0 Å². The van der Waals surface area contributed by atoms with Gasteiger partial charge in [-0.25, -0.2) is 27.9 Å². The summed E-state index contributed by atoms with van der Waals surface area (Å²) in [6, 6.07) is 8.78. The fourth-order valence-corrected chi connectivity index (χ4v) is 3.06. The first-order chi connectivity index (χ1) is 16.2. The Hall–Kier alpha value is -4.41. The largest absolute Gasteiger partial charge is 0.439 e. The van der Waals surface area contributed by atoms with Gasteiger partial charge in [-0.3, -0.25) is 4.57 Å². The van der Waals surface area contributed by atoms with E-state index in [0.717, 1.165) is 23.5 Å². The van der Waals surface area contributed by atoms with Gasteiger partial charge in [0, 0.05) is 17.4 Å². The molecular formula is C23H19F3N6O2. The van der Waals surface area contributed by atoms with E-state index < -0.39 is 29.2 Å². The number of aromatic nitrogens is 4. The van der Waals surface area contributed by atoms with Gasteiger partial charge in [0.1, 0.15) is 23.7 Å². The minimum atomic E-state index is -1.67. The lowest BCUT2D eigenvalue weighted by atomic mass is 10.3. The van der Waals surface area contributed by atoms with E-state index in [9.17, 15) is 18.0 Å². The molecule has 4 aromatic rings. The number of hydrogen-bond donors (Lipinski definition) is 2. The van der Waals surface area contributed by atoms with Gasteiger partial charge in [-0.1, -0.05) is 0 Å². The van der Waals surface area contributed by atoms with Crippen molar-refractivity contribution in [1.82, 2.24) is 19.5 Å². The SMILES string of the molecule is Cc1nc(Oc2ccc(NC(=O)Nc3ccc(F)c(F)c3F)cc2)cc(-n2cnc(C)c2C)n1. The van der Waals surface area contributed by atoms with Crippen LogP contribution in [0.5, 0.6) is 11.6 Å². The molecule has 0 radical (unpaired) electrons. The van der Waals surface area contributed by atoms with Crippen molar-refractivity contribution in [2.45, 2.75) is 20.8 Å². The molecule has 0 unspecified atom stereocenters. The van der Waals surface area contributed by atoms with Crippen molar-refractivity contribution in [3.05, 3.63) is 83.5 Å². The van der Waals surface area contributed by atoms with Crippen molar-refractivity contribution in [2.24, 2.45) is 0 Å². The lowest BCUT2D eigenvalue weighted by molar-refractivity contribution is 0.262. The predicted octanol–water partition coefficient (Wildman–Crippen LogP) is 5.44. The maximum Gasteiger partial charge on any atom is 0.323 e. The Balaban J connectivity index is 1.44. The third kappa shape index (κ3) is 4.82. The van der Waals surface area contributed by atoms with Crippen LogP contribution in [0.2, 0.25) is 0 Å². The molecule has 0 spiro atoms. The number of carbonyl (C=O) groups is 1. The van der Waals surface area contributed by atoms with Gasteiger partial charge in [0.05, 0.1) is 11.4 Å². The first-order valence-electron chi connectivity index (χ1n) is 10.1. The quantitative estimate of drug-likeness (QED) is 0.381. The molecule has 2 amide bonds. The molecule has 174 valence electrons. The predicted molar refractivity (Wildman–Crippen MR) is 119 cm³/mol. The third-order valence-electron chi connectivity index (χ3n) is 4.92. The van der Waals surface area contributed by atoms with Gasteiger partial charge in [0.15, 0.2) is 17.5 Å². The smallest absolute Gasteiger partial charge is 0.323 e. The van der Waals surface area contributed by atoms with E-state index >= 15 is 0 Å². The second-order valence-electron chi connectivity index (χ2n) is 7.33. The zero-order valence-electron chi connectivity index (χ0n) is 18.4. The molecular weight excluding hydrogens is 449 g/mol. The second kappa shape index (κ2) is 9.22. The number of aryl methyl sites for hydroxylation is 2. The van der Waals surface area contributed by atoms with E-state index in [1.54, 1.807) is 43.6 Å². The number of urea groups is 1. The average molecular weight is 468 g/mol. The lowest BCUT2D eigenvalue weighted by Crippen LogP contribution is -2.20. The molecule has 0 atom stereocenters. The molecule has 2 heterocycles.